The molecule has 0 aromatic rings. The second kappa shape index (κ2) is 9.13. The molecule has 1 unspecified atom stereocenters. The molecule has 0 N–H and O–H groups in total. The topological polar surface area (TPSA) is 43.4 Å². The van der Waals surface area contributed by atoms with Crippen LogP contribution in [0.3, 0.4) is 0 Å². The number of ether oxygens (including phenoxy) is 1. The molecule has 0 aromatic carbocycles. The Bertz CT molecular complexity index is 244. The molecule has 92 valence electrons. The number of hydrogen-bond donors (Lipinski definition) is 0. The lowest BCUT2D eigenvalue weighted by Gasteiger charge is -2.09. The Labute approximate surface area is 97.9 Å². The number of esters is 1. The van der Waals surface area contributed by atoms with Crippen molar-refractivity contribution in [3.05, 3.63) is 12.2 Å². The molecule has 0 heterocycles. The average molecular weight is 226 g/mol. The van der Waals surface area contributed by atoms with E-state index in [-0.39, 0.29) is 17.9 Å². The van der Waals surface area contributed by atoms with Gasteiger partial charge in [-0.3, -0.25) is 9.59 Å². The monoisotopic (exact) mass is 226 g/mol. The van der Waals surface area contributed by atoms with Gasteiger partial charge in [0.2, 0.25) is 0 Å². The Morgan fingerprint density at radius 2 is 2.06 bits per heavy atom. The fourth-order valence-electron chi connectivity index (χ4n) is 1.31. The second-order valence-electron chi connectivity index (χ2n) is 3.97. The number of allylic oxidation sites excluding steroid dienone is 2. The van der Waals surface area contributed by atoms with Crippen molar-refractivity contribution in [3.8, 4) is 0 Å². The third-order valence-corrected chi connectivity index (χ3v) is 2.19. The molecule has 0 fully saturated rings. The highest BCUT2D eigenvalue weighted by Gasteiger charge is 2.06. The standard InChI is InChI=1S/C13H22O3/c1-4-5-6-7-8-13(15)10-9-11(2)16-12(3)14/h7-8,11H,4-6,9-10H2,1-3H3/b8-7+. The van der Waals surface area contributed by atoms with Gasteiger partial charge >= 0.3 is 5.97 Å². The molecule has 0 saturated heterocycles. The number of carbonyl (C=O) groups excluding carboxylic acids is 2. The highest BCUT2D eigenvalue weighted by atomic mass is 16.5. The predicted molar refractivity (Wildman–Crippen MR) is 64.1 cm³/mol. The van der Waals surface area contributed by atoms with E-state index in [1.807, 2.05) is 6.08 Å². The summed E-state index contributed by atoms with van der Waals surface area (Å²) in [5.41, 5.74) is 0. The van der Waals surface area contributed by atoms with Crippen LogP contribution in [-0.4, -0.2) is 17.9 Å². The lowest BCUT2D eigenvalue weighted by Crippen LogP contribution is -2.13. The van der Waals surface area contributed by atoms with Crippen LogP contribution in [0.25, 0.3) is 0 Å². The molecule has 0 aliphatic heterocycles. The highest BCUT2D eigenvalue weighted by Crippen LogP contribution is 2.04. The zero-order chi connectivity index (χ0) is 12.4. The van der Waals surface area contributed by atoms with E-state index in [1.165, 1.54) is 6.92 Å². The van der Waals surface area contributed by atoms with Crippen molar-refractivity contribution in [1.82, 2.24) is 0 Å². The zero-order valence-corrected chi connectivity index (χ0v) is 10.5. The minimum atomic E-state index is -0.293. The molecule has 0 amide bonds. The molecular weight excluding hydrogens is 204 g/mol. The fourth-order valence-corrected chi connectivity index (χ4v) is 1.31. The fraction of sp³-hybridized carbons (Fsp3) is 0.692. The quantitative estimate of drug-likeness (QED) is 0.363. The Kier molecular flexibility index (Phi) is 8.49. The Hall–Kier alpha value is -1.12. The molecule has 3 heteroatoms. The van der Waals surface area contributed by atoms with E-state index in [1.54, 1.807) is 13.0 Å². The molecule has 0 saturated carbocycles. The van der Waals surface area contributed by atoms with Gasteiger partial charge in [0.1, 0.15) is 0 Å². The lowest BCUT2D eigenvalue weighted by molar-refractivity contribution is -0.146. The summed E-state index contributed by atoms with van der Waals surface area (Å²) in [6.07, 6.45) is 7.63. The smallest absolute Gasteiger partial charge is 0.302 e. The van der Waals surface area contributed by atoms with E-state index >= 15 is 0 Å². The molecule has 0 radical (unpaired) electrons. The van der Waals surface area contributed by atoms with Crippen LogP contribution in [-0.2, 0) is 14.3 Å². The van der Waals surface area contributed by atoms with Crippen LogP contribution < -0.4 is 0 Å². The molecule has 0 bridgehead atoms. The molecule has 0 spiro atoms. The minimum Gasteiger partial charge on any atom is -0.463 e. The van der Waals surface area contributed by atoms with E-state index in [0.29, 0.717) is 12.8 Å². The van der Waals surface area contributed by atoms with Gasteiger partial charge in [-0.2, -0.15) is 0 Å². The van der Waals surface area contributed by atoms with Gasteiger partial charge in [-0.05, 0) is 25.8 Å². The number of hydrogen-bond acceptors (Lipinski definition) is 3. The van der Waals surface area contributed by atoms with Crippen LogP contribution in [0.1, 0.15) is 52.9 Å². The van der Waals surface area contributed by atoms with Gasteiger partial charge < -0.3 is 4.74 Å². The van der Waals surface area contributed by atoms with Crippen LogP contribution in [0.4, 0.5) is 0 Å². The molecule has 16 heavy (non-hydrogen) atoms. The van der Waals surface area contributed by atoms with E-state index in [9.17, 15) is 9.59 Å². The number of unbranched alkanes of at least 4 members (excludes halogenated alkanes) is 2. The summed E-state index contributed by atoms with van der Waals surface area (Å²) in [6.45, 7) is 5.30. The van der Waals surface area contributed by atoms with E-state index in [0.717, 1.165) is 19.3 Å². The largest absolute Gasteiger partial charge is 0.463 e. The Morgan fingerprint density at radius 1 is 1.38 bits per heavy atom. The van der Waals surface area contributed by atoms with Gasteiger partial charge in [-0.15, -0.1) is 0 Å². The summed E-state index contributed by atoms with van der Waals surface area (Å²) < 4.78 is 4.93. The van der Waals surface area contributed by atoms with Gasteiger partial charge in [0, 0.05) is 13.3 Å². The summed E-state index contributed by atoms with van der Waals surface area (Å²) in [4.78, 5) is 22.0. The number of carbonyl (C=O) groups is 2. The van der Waals surface area contributed by atoms with Crippen LogP contribution in [0.2, 0.25) is 0 Å². The van der Waals surface area contributed by atoms with Gasteiger partial charge in [0.15, 0.2) is 5.78 Å². The Morgan fingerprint density at radius 3 is 2.62 bits per heavy atom. The maximum Gasteiger partial charge on any atom is 0.302 e. The number of rotatable bonds is 8. The summed E-state index contributed by atoms with van der Waals surface area (Å²) >= 11 is 0. The van der Waals surface area contributed by atoms with Crippen molar-refractivity contribution in [2.75, 3.05) is 0 Å². The molecule has 0 aromatic heterocycles. The summed E-state index contributed by atoms with van der Waals surface area (Å²) in [5.74, 6) is -0.187. The SMILES string of the molecule is CCCC/C=C/C(=O)CCC(C)OC(C)=O. The van der Waals surface area contributed by atoms with Crippen molar-refractivity contribution in [3.63, 3.8) is 0 Å². The first kappa shape index (κ1) is 14.9. The lowest BCUT2D eigenvalue weighted by atomic mass is 10.1. The third kappa shape index (κ3) is 9.44. The van der Waals surface area contributed by atoms with Crippen LogP contribution in [0, 0.1) is 0 Å². The maximum atomic E-state index is 11.4. The van der Waals surface area contributed by atoms with E-state index < -0.39 is 0 Å². The highest BCUT2D eigenvalue weighted by molar-refractivity contribution is 5.89. The first-order valence-corrected chi connectivity index (χ1v) is 5.92. The van der Waals surface area contributed by atoms with Crippen LogP contribution in [0.15, 0.2) is 12.2 Å². The van der Waals surface area contributed by atoms with Crippen molar-refractivity contribution < 1.29 is 14.3 Å². The van der Waals surface area contributed by atoms with Gasteiger partial charge in [0.25, 0.3) is 0 Å². The second-order valence-corrected chi connectivity index (χ2v) is 3.97. The zero-order valence-electron chi connectivity index (χ0n) is 10.5. The van der Waals surface area contributed by atoms with Crippen molar-refractivity contribution in [2.45, 2.75) is 59.0 Å². The first-order valence-electron chi connectivity index (χ1n) is 5.92. The molecule has 0 aliphatic rings. The van der Waals surface area contributed by atoms with Crippen LogP contribution in [0.5, 0.6) is 0 Å². The van der Waals surface area contributed by atoms with Gasteiger partial charge in [0.05, 0.1) is 6.10 Å². The Balaban J connectivity index is 3.64. The van der Waals surface area contributed by atoms with E-state index in [4.69, 9.17) is 4.74 Å². The third-order valence-electron chi connectivity index (χ3n) is 2.19. The molecular formula is C13H22O3. The minimum absolute atomic E-state index is 0.107. The van der Waals surface area contributed by atoms with Gasteiger partial charge in [-0.1, -0.05) is 25.8 Å². The summed E-state index contributed by atoms with van der Waals surface area (Å²) in [6, 6.07) is 0. The number of ketones is 1. The predicted octanol–water partition coefficient (Wildman–Crippen LogP) is 3.03. The average Bonchev–Trinajstić information content (AvgIpc) is 2.20. The molecule has 0 aliphatic carbocycles. The summed E-state index contributed by atoms with van der Waals surface area (Å²) in [7, 11) is 0. The molecule has 3 nitrogen and oxygen atoms in total. The first-order chi connectivity index (χ1) is 7.56. The summed E-state index contributed by atoms with van der Waals surface area (Å²) in [5, 5.41) is 0. The molecule has 0 rings (SSSR count). The normalized spacial score (nSPS) is 12.7. The van der Waals surface area contributed by atoms with Gasteiger partial charge in [-0.25, -0.2) is 0 Å². The molecule has 1 atom stereocenters. The maximum absolute atomic E-state index is 11.4. The van der Waals surface area contributed by atoms with Crippen molar-refractivity contribution >= 4 is 11.8 Å². The van der Waals surface area contributed by atoms with Crippen molar-refractivity contribution in [1.29, 1.82) is 0 Å². The van der Waals surface area contributed by atoms with Crippen molar-refractivity contribution in [2.24, 2.45) is 0 Å². The van der Waals surface area contributed by atoms with Crippen LogP contribution >= 0.6 is 0 Å². The van der Waals surface area contributed by atoms with E-state index in [2.05, 4.69) is 6.92 Å².